The molecule has 184 valence electrons. The molecular weight excluding hydrogens is 443 g/mol. The summed E-state index contributed by atoms with van der Waals surface area (Å²) in [6.07, 6.45) is -4.60. The van der Waals surface area contributed by atoms with Gasteiger partial charge in [0.25, 0.3) is 5.91 Å². The monoisotopic (exact) mass is 473 g/mol. The number of hydrogen-bond acceptors (Lipinski definition) is 4. The molecular formula is C22H30F3N3O5. The quantitative estimate of drug-likeness (QED) is 0.284. The van der Waals surface area contributed by atoms with Crippen LogP contribution in [0, 0.1) is 0 Å². The molecule has 1 unspecified atom stereocenters. The summed E-state index contributed by atoms with van der Waals surface area (Å²) in [4.78, 5) is 45.9. The van der Waals surface area contributed by atoms with Gasteiger partial charge in [-0.25, -0.2) is 9.69 Å². The number of benzene rings is 1. The van der Waals surface area contributed by atoms with Crippen molar-refractivity contribution in [2.45, 2.75) is 64.2 Å². The molecule has 0 fully saturated rings. The lowest BCUT2D eigenvalue weighted by molar-refractivity contribution is -0.253. The van der Waals surface area contributed by atoms with Crippen molar-refractivity contribution >= 4 is 23.7 Å². The van der Waals surface area contributed by atoms with E-state index in [0.29, 0.717) is 24.9 Å². The van der Waals surface area contributed by atoms with Crippen LogP contribution in [0.4, 0.5) is 13.2 Å². The van der Waals surface area contributed by atoms with Gasteiger partial charge in [0.1, 0.15) is 6.04 Å². The van der Waals surface area contributed by atoms with Gasteiger partial charge in [-0.05, 0) is 44.2 Å². The number of carboxylic acid groups (broad SMARTS) is 1. The molecule has 0 aliphatic rings. The number of carboxylic acids is 1. The Morgan fingerprint density at radius 1 is 0.939 bits per heavy atom. The maximum Gasteiger partial charge on any atom is 0.487 e. The highest BCUT2D eigenvalue weighted by molar-refractivity contribution is 5.94. The Morgan fingerprint density at radius 2 is 1.55 bits per heavy atom. The van der Waals surface area contributed by atoms with E-state index in [1.807, 2.05) is 0 Å². The minimum absolute atomic E-state index is 0.0955. The van der Waals surface area contributed by atoms with Gasteiger partial charge < -0.3 is 15.7 Å². The van der Waals surface area contributed by atoms with Gasteiger partial charge in [0.15, 0.2) is 0 Å². The molecule has 0 saturated carbocycles. The molecule has 0 aliphatic carbocycles. The average molecular weight is 473 g/mol. The van der Waals surface area contributed by atoms with E-state index >= 15 is 0 Å². The lowest BCUT2D eigenvalue weighted by atomic mass is 10.1. The molecule has 0 heterocycles. The average Bonchev–Trinajstić information content (AvgIpc) is 2.74. The Hall–Kier alpha value is -3.11. The standard InChI is InChI=1S/C22H30F3N3O5/c1-16(29)26-14-9-7-12-18(21(32)33)28(22(23,24)25)19(30)13-6-3-8-15-27-20(31)17-10-4-2-5-11-17/h2,4-5,10-11,18H,3,6-9,12-15H2,1H3,(H,26,29)(H,27,31)(H,32,33). The van der Waals surface area contributed by atoms with Crippen LogP contribution in [0.2, 0.25) is 0 Å². The van der Waals surface area contributed by atoms with Gasteiger partial charge in [0.2, 0.25) is 11.8 Å². The van der Waals surface area contributed by atoms with E-state index in [1.165, 1.54) is 6.92 Å². The second-order valence-corrected chi connectivity index (χ2v) is 7.50. The van der Waals surface area contributed by atoms with Crippen LogP contribution in [-0.4, -0.2) is 59.1 Å². The second-order valence-electron chi connectivity index (χ2n) is 7.50. The molecule has 1 rings (SSSR count). The fraction of sp³-hybridized carbons (Fsp3) is 0.545. The van der Waals surface area contributed by atoms with Crippen LogP contribution in [0.15, 0.2) is 30.3 Å². The summed E-state index contributed by atoms with van der Waals surface area (Å²) >= 11 is 0. The Bertz CT molecular complexity index is 787. The summed E-state index contributed by atoms with van der Waals surface area (Å²) in [6.45, 7) is 1.81. The number of nitrogens with zero attached hydrogens (tertiary/aromatic N) is 1. The molecule has 3 N–H and O–H groups in total. The van der Waals surface area contributed by atoms with E-state index in [4.69, 9.17) is 0 Å². The molecule has 11 heteroatoms. The second kappa shape index (κ2) is 14.1. The molecule has 3 amide bonds. The number of rotatable bonds is 14. The van der Waals surface area contributed by atoms with E-state index in [1.54, 1.807) is 30.3 Å². The molecule has 0 spiro atoms. The maximum absolute atomic E-state index is 13.5. The van der Waals surface area contributed by atoms with Crippen molar-refractivity contribution in [3.8, 4) is 0 Å². The van der Waals surface area contributed by atoms with Crippen molar-refractivity contribution in [1.29, 1.82) is 0 Å². The van der Waals surface area contributed by atoms with Crippen LogP contribution >= 0.6 is 0 Å². The smallest absolute Gasteiger partial charge is 0.480 e. The summed E-state index contributed by atoms with van der Waals surface area (Å²) in [5.74, 6) is -3.59. The zero-order valence-electron chi connectivity index (χ0n) is 18.5. The van der Waals surface area contributed by atoms with Crippen molar-refractivity contribution < 1.29 is 37.5 Å². The fourth-order valence-electron chi connectivity index (χ4n) is 3.17. The van der Waals surface area contributed by atoms with Crippen LogP contribution in [0.25, 0.3) is 0 Å². The van der Waals surface area contributed by atoms with Crippen molar-refractivity contribution in [1.82, 2.24) is 15.5 Å². The van der Waals surface area contributed by atoms with Crippen LogP contribution in [0.3, 0.4) is 0 Å². The largest absolute Gasteiger partial charge is 0.487 e. The van der Waals surface area contributed by atoms with Crippen molar-refractivity contribution in [2.75, 3.05) is 13.1 Å². The van der Waals surface area contributed by atoms with Crippen molar-refractivity contribution in [3.05, 3.63) is 35.9 Å². The van der Waals surface area contributed by atoms with Gasteiger partial charge in [0.05, 0.1) is 0 Å². The molecule has 0 aromatic heterocycles. The molecule has 1 aromatic carbocycles. The molecule has 0 saturated heterocycles. The summed E-state index contributed by atoms with van der Waals surface area (Å²) < 4.78 is 40.4. The van der Waals surface area contributed by atoms with Gasteiger partial charge in [-0.3, -0.25) is 14.4 Å². The molecule has 0 radical (unpaired) electrons. The molecule has 0 aliphatic heterocycles. The van der Waals surface area contributed by atoms with Crippen LogP contribution < -0.4 is 10.6 Å². The predicted octanol–water partition coefficient (Wildman–Crippen LogP) is 3.08. The molecule has 8 nitrogen and oxygen atoms in total. The van der Waals surface area contributed by atoms with Gasteiger partial charge in [-0.15, -0.1) is 13.2 Å². The molecule has 33 heavy (non-hydrogen) atoms. The highest BCUT2D eigenvalue weighted by Crippen LogP contribution is 2.28. The summed E-state index contributed by atoms with van der Waals surface area (Å²) in [7, 11) is 0. The number of nitrogens with one attached hydrogen (secondary N) is 2. The maximum atomic E-state index is 13.5. The number of hydrogen-bond donors (Lipinski definition) is 3. The highest BCUT2D eigenvalue weighted by Gasteiger charge is 2.47. The van der Waals surface area contributed by atoms with E-state index in [9.17, 15) is 37.5 Å². The third-order valence-corrected chi connectivity index (χ3v) is 4.81. The zero-order chi connectivity index (χ0) is 24.9. The van der Waals surface area contributed by atoms with Gasteiger partial charge in [-0.1, -0.05) is 24.6 Å². The number of alkyl halides is 3. The van der Waals surface area contributed by atoms with Crippen molar-refractivity contribution in [2.24, 2.45) is 0 Å². The Balaban J connectivity index is 2.49. The number of carbonyl (C=O) groups excluding carboxylic acids is 3. The normalized spacial score (nSPS) is 12.0. The minimum Gasteiger partial charge on any atom is -0.480 e. The molecule has 1 atom stereocenters. The summed E-state index contributed by atoms with van der Waals surface area (Å²) in [5.41, 5.74) is 0.491. The number of unbranched alkanes of at least 4 members (excludes halogenated alkanes) is 3. The predicted molar refractivity (Wildman–Crippen MR) is 114 cm³/mol. The Labute approximate surface area is 190 Å². The first-order valence-electron chi connectivity index (χ1n) is 10.7. The minimum atomic E-state index is -5.12. The first-order valence-corrected chi connectivity index (χ1v) is 10.7. The van der Waals surface area contributed by atoms with Crippen LogP contribution in [0.1, 0.15) is 62.2 Å². The first kappa shape index (κ1) is 27.9. The first-order chi connectivity index (χ1) is 15.5. The van der Waals surface area contributed by atoms with E-state index in [2.05, 4.69) is 10.6 Å². The van der Waals surface area contributed by atoms with Gasteiger partial charge in [-0.2, -0.15) is 0 Å². The van der Waals surface area contributed by atoms with E-state index in [-0.39, 0.29) is 44.0 Å². The number of aliphatic carboxylic acids is 1. The number of halogens is 3. The van der Waals surface area contributed by atoms with E-state index in [0.717, 1.165) is 0 Å². The van der Waals surface area contributed by atoms with Crippen LogP contribution in [0.5, 0.6) is 0 Å². The fourth-order valence-corrected chi connectivity index (χ4v) is 3.17. The SMILES string of the molecule is CC(=O)NCCCCC(C(=O)O)N(C(=O)CCCCCNC(=O)c1ccccc1)C(F)(F)F. The third kappa shape index (κ3) is 10.8. The van der Waals surface area contributed by atoms with Gasteiger partial charge >= 0.3 is 12.3 Å². The topological polar surface area (TPSA) is 116 Å². The molecule has 0 bridgehead atoms. The third-order valence-electron chi connectivity index (χ3n) is 4.81. The molecule has 1 aromatic rings. The number of amides is 3. The summed E-state index contributed by atoms with van der Waals surface area (Å²) in [5, 5.41) is 14.5. The van der Waals surface area contributed by atoms with Crippen LogP contribution in [-0.2, 0) is 14.4 Å². The lowest BCUT2D eigenvalue weighted by Crippen LogP contribution is -2.52. The summed E-state index contributed by atoms with van der Waals surface area (Å²) in [6, 6.07) is 6.50. The Kier molecular flexibility index (Phi) is 12.0. The number of carbonyl (C=O) groups is 4. The zero-order valence-corrected chi connectivity index (χ0v) is 18.5. The van der Waals surface area contributed by atoms with Gasteiger partial charge in [0, 0.05) is 32.0 Å². The highest BCUT2D eigenvalue weighted by atomic mass is 19.4. The van der Waals surface area contributed by atoms with Crippen molar-refractivity contribution in [3.63, 3.8) is 0 Å². The Morgan fingerprint density at radius 3 is 2.12 bits per heavy atom. The van der Waals surface area contributed by atoms with E-state index < -0.39 is 35.5 Å². The lowest BCUT2D eigenvalue weighted by Gasteiger charge is -2.30.